The van der Waals surface area contributed by atoms with Crippen LogP contribution in [0.4, 0.5) is 13.2 Å². The first-order valence-corrected chi connectivity index (χ1v) is 5.66. The van der Waals surface area contributed by atoms with Gasteiger partial charge in [0.15, 0.2) is 17.4 Å². The summed E-state index contributed by atoms with van der Waals surface area (Å²) in [6, 6.07) is 6.11. The van der Waals surface area contributed by atoms with E-state index in [1.807, 2.05) is 6.07 Å². The van der Waals surface area contributed by atoms with Crippen molar-refractivity contribution in [1.29, 1.82) is 0 Å². The van der Waals surface area contributed by atoms with Crippen LogP contribution in [0.5, 0.6) is 0 Å². The Labute approximate surface area is 108 Å². The lowest BCUT2D eigenvalue weighted by Gasteiger charge is -2.07. The molecule has 2 rings (SSSR count). The first kappa shape index (κ1) is 13.3. The van der Waals surface area contributed by atoms with Crippen LogP contribution in [-0.4, -0.2) is 5.78 Å². The maximum absolute atomic E-state index is 13.6. The maximum atomic E-state index is 13.6. The third-order valence-corrected chi connectivity index (χ3v) is 2.89. The molecule has 0 amide bonds. The second-order valence-electron chi connectivity index (χ2n) is 4.39. The van der Waals surface area contributed by atoms with Crippen molar-refractivity contribution in [3.63, 3.8) is 0 Å². The number of halogens is 3. The average Bonchev–Trinajstić information content (AvgIpc) is 2.36. The van der Waals surface area contributed by atoms with Crippen LogP contribution < -0.4 is 0 Å². The largest absolute Gasteiger partial charge is 0.288 e. The number of carbonyl (C=O) groups is 1. The first-order valence-electron chi connectivity index (χ1n) is 5.66. The number of ketones is 1. The molecule has 0 heterocycles. The summed E-state index contributed by atoms with van der Waals surface area (Å²) in [6.45, 7) is 3.49. The summed E-state index contributed by atoms with van der Waals surface area (Å²) >= 11 is 0. The van der Waals surface area contributed by atoms with Gasteiger partial charge in [-0.1, -0.05) is 17.7 Å². The Balaban J connectivity index is 2.56. The fourth-order valence-corrected chi connectivity index (χ4v) is 1.82. The number of rotatable bonds is 2. The van der Waals surface area contributed by atoms with Crippen LogP contribution in [0.3, 0.4) is 0 Å². The first-order chi connectivity index (χ1) is 8.90. The summed E-state index contributed by atoms with van der Waals surface area (Å²) in [4.78, 5) is 12.2. The maximum Gasteiger partial charge on any atom is 0.196 e. The summed E-state index contributed by atoms with van der Waals surface area (Å²) in [6.07, 6.45) is 0. The van der Waals surface area contributed by atoms with Gasteiger partial charge in [-0.05, 0) is 31.5 Å². The lowest BCUT2D eigenvalue weighted by molar-refractivity contribution is 0.103. The molecule has 4 heteroatoms. The standard InChI is InChI=1S/C15H11F3O/c1-8-3-4-9(2)10(5-8)15(19)11-6-13(17)14(18)7-12(11)16/h3-7H,1-2H3. The zero-order chi connectivity index (χ0) is 14.2. The Bertz CT molecular complexity index is 663. The van der Waals surface area contributed by atoms with Crippen LogP contribution >= 0.6 is 0 Å². The summed E-state index contributed by atoms with van der Waals surface area (Å²) in [5.74, 6) is -4.27. The summed E-state index contributed by atoms with van der Waals surface area (Å²) in [5.41, 5.74) is 1.30. The highest BCUT2D eigenvalue weighted by molar-refractivity contribution is 6.10. The lowest BCUT2D eigenvalue weighted by Crippen LogP contribution is -2.08. The molecule has 0 fully saturated rings. The Morgan fingerprint density at radius 3 is 2.16 bits per heavy atom. The van der Waals surface area contributed by atoms with Crippen LogP contribution in [0.25, 0.3) is 0 Å². The summed E-state index contributed by atoms with van der Waals surface area (Å²) in [7, 11) is 0. The minimum atomic E-state index is -1.31. The van der Waals surface area contributed by atoms with E-state index in [0.717, 1.165) is 5.56 Å². The zero-order valence-electron chi connectivity index (χ0n) is 10.4. The monoisotopic (exact) mass is 264 g/mol. The fourth-order valence-electron chi connectivity index (χ4n) is 1.82. The van der Waals surface area contributed by atoms with Crippen molar-refractivity contribution in [2.45, 2.75) is 13.8 Å². The lowest BCUT2D eigenvalue weighted by atomic mass is 9.97. The van der Waals surface area contributed by atoms with Crippen LogP contribution in [0, 0.1) is 31.3 Å². The molecule has 0 unspecified atom stereocenters. The molecule has 0 aliphatic rings. The highest BCUT2D eigenvalue weighted by Gasteiger charge is 2.19. The van der Waals surface area contributed by atoms with Gasteiger partial charge >= 0.3 is 0 Å². The molecule has 0 radical (unpaired) electrons. The van der Waals surface area contributed by atoms with Gasteiger partial charge in [-0.25, -0.2) is 13.2 Å². The molecular formula is C15H11F3O. The highest BCUT2D eigenvalue weighted by atomic mass is 19.2. The van der Waals surface area contributed by atoms with Crippen molar-refractivity contribution >= 4 is 5.78 Å². The van der Waals surface area contributed by atoms with Crippen molar-refractivity contribution in [2.24, 2.45) is 0 Å². The van der Waals surface area contributed by atoms with Crippen LogP contribution in [-0.2, 0) is 0 Å². The van der Waals surface area contributed by atoms with E-state index in [-0.39, 0.29) is 5.56 Å². The number of hydrogen-bond acceptors (Lipinski definition) is 1. The third kappa shape index (κ3) is 2.52. The van der Waals surface area contributed by atoms with Gasteiger partial charge in [-0.3, -0.25) is 4.79 Å². The summed E-state index contributed by atoms with van der Waals surface area (Å²) in [5, 5.41) is 0. The van der Waals surface area contributed by atoms with E-state index in [2.05, 4.69) is 0 Å². The molecule has 0 N–H and O–H groups in total. The molecule has 1 nitrogen and oxygen atoms in total. The number of carbonyl (C=O) groups excluding carboxylic acids is 1. The van der Waals surface area contributed by atoms with Crippen LogP contribution in [0.15, 0.2) is 30.3 Å². The predicted octanol–water partition coefficient (Wildman–Crippen LogP) is 3.95. The Morgan fingerprint density at radius 2 is 1.47 bits per heavy atom. The normalized spacial score (nSPS) is 10.6. The highest BCUT2D eigenvalue weighted by Crippen LogP contribution is 2.20. The smallest absolute Gasteiger partial charge is 0.196 e. The predicted molar refractivity (Wildman–Crippen MR) is 65.7 cm³/mol. The van der Waals surface area contributed by atoms with Crippen molar-refractivity contribution < 1.29 is 18.0 Å². The molecule has 19 heavy (non-hydrogen) atoms. The average molecular weight is 264 g/mol. The second kappa shape index (κ2) is 4.88. The Morgan fingerprint density at radius 1 is 0.842 bits per heavy atom. The number of hydrogen-bond donors (Lipinski definition) is 0. The van der Waals surface area contributed by atoms with Gasteiger partial charge in [-0.2, -0.15) is 0 Å². The molecule has 0 aromatic heterocycles. The second-order valence-corrected chi connectivity index (χ2v) is 4.39. The minimum absolute atomic E-state index is 0.282. The minimum Gasteiger partial charge on any atom is -0.288 e. The van der Waals surface area contributed by atoms with Gasteiger partial charge in [0.05, 0.1) is 5.56 Å². The van der Waals surface area contributed by atoms with E-state index < -0.39 is 28.8 Å². The van der Waals surface area contributed by atoms with Gasteiger partial charge < -0.3 is 0 Å². The molecule has 0 aliphatic carbocycles. The molecule has 0 spiro atoms. The van der Waals surface area contributed by atoms with Gasteiger partial charge in [0.1, 0.15) is 5.82 Å². The van der Waals surface area contributed by atoms with E-state index in [0.29, 0.717) is 17.7 Å². The molecule has 98 valence electrons. The van der Waals surface area contributed by atoms with E-state index in [1.54, 1.807) is 26.0 Å². The number of aryl methyl sites for hydroxylation is 2. The Kier molecular flexibility index (Phi) is 3.42. The van der Waals surface area contributed by atoms with Gasteiger partial charge in [0.25, 0.3) is 0 Å². The molecule has 2 aromatic carbocycles. The molecule has 0 saturated carbocycles. The quantitative estimate of drug-likeness (QED) is 0.593. The van der Waals surface area contributed by atoms with Crippen LogP contribution in [0.2, 0.25) is 0 Å². The van der Waals surface area contributed by atoms with E-state index in [9.17, 15) is 18.0 Å². The molecule has 2 aromatic rings. The van der Waals surface area contributed by atoms with Crippen molar-refractivity contribution in [3.05, 3.63) is 70.0 Å². The molecule has 0 bridgehead atoms. The molecular weight excluding hydrogens is 253 g/mol. The molecule has 0 aliphatic heterocycles. The van der Waals surface area contributed by atoms with Crippen LogP contribution in [0.1, 0.15) is 27.0 Å². The Hall–Kier alpha value is -2.10. The third-order valence-electron chi connectivity index (χ3n) is 2.89. The van der Waals surface area contributed by atoms with Crippen molar-refractivity contribution in [2.75, 3.05) is 0 Å². The van der Waals surface area contributed by atoms with E-state index in [1.165, 1.54) is 0 Å². The van der Waals surface area contributed by atoms with Gasteiger partial charge in [-0.15, -0.1) is 0 Å². The van der Waals surface area contributed by atoms with Gasteiger partial charge in [0, 0.05) is 11.6 Å². The van der Waals surface area contributed by atoms with E-state index in [4.69, 9.17) is 0 Å². The topological polar surface area (TPSA) is 17.1 Å². The fraction of sp³-hybridized carbons (Fsp3) is 0.133. The zero-order valence-corrected chi connectivity index (χ0v) is 10.4. The SMILES string of the molecule is Cc1ccc(C)c(C(=O)c2cc(F)c(F)cc2F)c1. The summed E-state index contributed by atoms with van der Waals surface area (Å²) < 4.78 is 39.5. The molecule has 0 saturated heterocycles. The van der Waals surface area contributed by atoms with Crippen molar-refractivity contribution in [3.8, 4) is 0 Å². The van der Waals surface area contributed by atoms with E-state index >= 15 is 0 Å². The van der Waals surface area contributed by atoms with Gasteiger partial charge in [0.2, 0.25) is 0 Å². The van der Waals surface area contributed by atoms with Crippen molar-refractivity contribution in [1.82, 2.24) is 0 Å². The molecule has 0 atom stereocenters. The number of benzene rings is 2.